The van der Waals surface area contributed by atoms with Crippen LogP contribution in [0.1, 0.15) is 5.56 Å². The molecule has 106 valence electrons. The fourth-order valence-electron chi connectivity index (χ4n) is 1.67. The second-order valence-electron chi connectivity index (χ2n) is 4.14. The Labute approximate surface area is 115 Å². The average Bonchev–Trinajstić information content (AvgIpc) is 2.37. The summed E-state index contributed by atoms with van der Waals surface area (Å²) in [5.74, 6) is 4.88. The number of benzene rings is 1. The minimum absolute atomic E-state index is 0.0256. The van der Waals surface area contributed by atoms with Crippen LogP contribution in [0.15, 0.2) is 41.4 Å². The van der Waals surface area contributed by atoms with Crippen molar-refractivity contribution in [1.82, 2.24) is 4.98 Å². The highest BCUT2D eigenvalue weighted by atomic mass is 32.2. The topological polar surface area (TPSA) is 97.1 Å². The lowest BCUT2D eigenvalue weighted by molar-refractivity contribution is 0.601. The van der Waals surface area contributed by atoms with Crippen LogP contribution in [0, 0.1) is 12.7 Å². The molecular formula is C12H13FN4O2S. The SMILES string of the molecule is Cc1cc(F)cc(NS(=O)(=O)c2ccnc(NN)c2)c1. The molecule has 20 heavy (non-hydrogen) atoms. The lowest BCUT2D eigenvalue weighted by Gasteiger charge is -2.09. The third kappa shape index (κ3) is 3.22. The second kappa shape index (κ2) is 5.43. The molecule has 1 aromatic heterocycles. The van der Waals surface area contributed by atoms with Crippen molar-refractivity contribution in [2.45, 2.75) is 11.8 Å². The maximum Gasteiger partial charge on any atom is 0.262 e. The van der Waals surface area contributed by atoms with E-state index in [0.717, 1.165) is 6.07 Å². The Morgan fingerprint density at radius 2 is 2.00 bits per heavy atom. The second-order valence-corrected chi connectivity index (χ2v) is 5.83. The van der Waals surface area contributed by atoms with Gasteiger partial charge in [-0.3, -0.25) is 4.72 Å². The van der Waals surface area contributed by atoms with Crippen LogP contribution in [0.4, 0.5) is 15.9 Å². The predicted molar refractivity (Wildman–Crippen MR) is 74.0 cm³/mol. The minimum atomic E-state index is -3.83. The quantitative estimate of drug-likeness (QED) is 0.588. The number of anilines is 2. The maximum absolute atomic E-state index is 13.3. The number of aromatic nitrogens is 1. The average molecular weight is 296 g/mol. The number of hydrogen-bond donors (Lipinski definition) is 3. The number of pyridine rings is 1. The van der Waals surface area contributed by atoms with E-state index in [1.54, 1.807) is 6.92 Å². The molecule has 0 aliphatic heterocycles. The van der Waals surface area contributed by atoms with Crippen molar-refractivity contribution in [2.75, 3.05) is 10.1 Å². The monoisotopic (exact) mass is 296 g/mol. The number of hydrazine groups is 1. The number of halogens is 1. The van der Waals surface area contributed by atoms with Crippen molar-refractivity contribution in [3.8, 4) is 0 Å². The molecule has 0 unspecified atom stereocenters. The Hall–Kier alpha value is -2.19. The van der Waals surface area contributed by atoms with E-state index < -0.39 is 15.8 Å². The summed E-state index contributed by atoms with van der Waals surface area (Å²) < 4.78 is 39.9. The van der Waals surface area contributed by atoms with Crippen molar-refractivity contribution in [3.63, 3.8) is 0 Å². The first-order valence-electron chi connectivity index (χ1n) is 5.63. The van der Waals surface area contributed by atoms with Crippen molar-refractivity contribution in [1.29, 1.82) is 0 Å². The first kappa shape index (κ1) is 14.2. The molecule has 0 amide bonds. The Morgan fingerprint density at radius 3 is 2.65 bits per heavy atom. The number of rotatable bonds is 4. The van der Waals surface area contributed by atoms with Gasteiger partial charge in [-0.15, -0.1) is 0 Å². The van der Waals surface area contributed by atoms with E-state index in [1.807, 2.05) is 0 Å². The molecule has 0 radical (unpaired) electrons. The third-order valence-corrected chi connectivity index (χ3v) is 3.86. The molecule has 0 aliphatic carbocycles. The van der Waals surface area contributed by atoms with Gasteiger partial charge in [0.1, 0.15) is 11.6 Å². The molecule has 8 heteroatoms. The van der Waals surface area contributed by atoms with Crippen LogP contribution in [0.25, 0.3) is 0 Å². The zero-order valence-corrected chi connectivity index (χ0v) is 11.4. The standard InChI is InChI=1S/C12H13FN4O2S/c1-8-4-9(13)6-10(5-8)17-20(18,19)11-2-3-15-12(7-11)16-14/h2-7,17H,14H2,1H3,(H,15,16). The summed E-state index contributed by atoms with van der Waals surface area (Å²) in [6.07, 6.45) is 1.31. The zero-order chi connectivity index (χ0) is 14.8. The smallest absolute Gasteiger partial charge is 0.262 e. The number of nitrogens with two attached hydrogens (primary N) is 1. The predicted octanol–water partition coefficient (Wildman–Crippen LogP) is 1.62. The Morgan fingerprint density at radius 1 is 1.25 bits per heavy atom. The number of nitrogen functional groups attached to an aromatic ring is 1. The number of hydrogen-bond acceptors (Lipinski definition) is 5. The van der Waals surface area contributed by atoms with Gasteiger partial charge in [0.15, 0.2) is 0 Å². The van der Waals surface area contributed by atoms with Crippen molar-refractivity contribution in [3.05, 3.63) is 47.9 Å². The Kier molecular flexibility index (Phi) is 3.86. The van der Waals surface area contributed by atoms with Gasteiger partial charge in [0.25, 0.3) is 10.0 Å². The highest BCUT2D eigenvalue weighted by Crippen LogP contribution is 2.19. The molecule has 2 rings (SSSR count). The van der Waals surface area contributed by atoms with Gasteiger partial charge in [0, 0.05) is 12.3 Å². The molecule has 0 spiro atoms. The van der Waals surface area contributed by atoms with E-state index in [2.05, 4.69) is 15.1 Å². The van der Waals surface area contributed by atoms with Crippen LogP contribution in [-0.2, 0) is 10.0 Å². The third-order valence-electron chi connectivity index (χ3n) is 2.48. The fourth-order valence-corrected chi connectivity index (χ4v) is 2.72. The lowest BCUT2D eigenvalue weighted by atomic mass is 10.2. The fraction of sp³-hybridized carbons (Fsp3) is 0.0833. The molecule has 0 saturated heterocycles. The van der Waals surface area contributed by atoms with Gasteiger partial charge in [-0.05, 0) is 36.8 Å². The molecular weight excluding hydrogens is 283 g/mol. The van der Waals surface area contributed by atoms with Gasteiger partial charge in [0.05, 0.1) is 10.6 Å². The lowest BCUT2D eigenvalue weighted by Crippen LogP contribution is -2.15. The van der Waals surface area contributed by atoms with Gasteiger partial charge in [-0.1, -0.05) is 0 Å². The van der Waals surface area contributed by atoms with Crippen LogP contribution in [0.2, 0.25) is 0 Å². The van der Waals surface area contributed by atoms with Gasteiger partial charge < -0.3 is 5.43 Å². The molecule has 1 aromatic carbocycles. The normalized spacial score (nSPS) is 11.2. The van der Waals surface area contributed by atoms with Crippen LogP contribution in [-0.4, -0.2) is 13.4 Å². The zero-order valence-electron chi connectivity index (χ0n) is 10.6. The van der Waals surface area contributed by atoms with Crippen LogP contribution < -0.4 is 16.0 Å². The van der Waals surface area contributed by atoms with E-state index in [1.165, 1.54) is 30.5 Å². The Balaban J connectivity index is 2.35. The molecule has 0 atom stereocenters. The highest BCUT2D eigenvalue weighted by molar-refractivity contribution is 7.92. The van der Waals surface area contributed by atoms with Crippen LogP contribution in [0.5, 0.6) is 0 Å². The van der Waals surface area contributed by atoms with Gasteiger partial charge >= 0.3 is 0 Å². The molecule has 0 aliphatic rings. The van der Waals surface area contributed by atoms with E-state index in [4.69, 9.17) is 5.84 Å². The largest absolute Gasteiger partial charge is 0.308 e. The number of nitrogens with zero attached hydrogens (tertiary/aromatic N) is 1. The van der Waals surface area contributed by atoms with Gasteiger partial charge in [-0.25, -0.2) is 23.6 Å². The molecule has 2 aromatic rings. The van der Waals surface area contributed by atoms with E-state index in [9.17, 15) is 12.8 Å². The molecule has 0 fully saturated rings. The molecule has 0 bridgehead atoms. The Bertz CT molecular complexity index is 714. The number of sulfonamides is 1. The van der Waals surface area contributed by atoms with E-state index in [0.29, 0.717) is 5.56 Å². The maximum atomic E-state index is 13.3. The van der Waals surface area contributed by atoms with Crippen LogP contribution >= 0.6 is 0 Å². The van der Waals surface area contributed by atoms with Crippen LogP contribution in [0.3, 0.4) is 0 Å². The van der Waals surface area contributed by atoms with Gasteiger partial charge in [0.2, 0.25) is 0 Å². The molecule has 0 saturated carbocycles. The molecule has 4 N–H and O–H groups in total. The first-order chi connectivity index (χ1) is 9.40. The number of aryl methyl sites for hydroxylation is 1. The highest BCUT2D eigenvalue weighted by Gasteiger charge is 2.15. The molecule has 1 heterocycles. The van der Waals surface area contributed by atoms with Crippen molar-refractivity contribution >= 4 is 21.5 Å². The molecule has 6 nitrogen and oxygen atoms in total. The minimum Gasteiger partial charge on any atom is -0.308 e. The summed E-state index contributed by atoms with van der Waals surface area (Å²) in [4.78, 5) is 3.79. The van der Waals surface area contributed by atoms with E-state index in [-0.39, 0.29) is 16.4 Å². The summed E-state index contributed by atoms with van der Waals surface area (Å²) in [6.45, 7) is 1.67. The summed E-state index contributed by atoms with van der Waals surface area (Å²) in [5, 5.41) is 0. The van der Waals surface area contributed by atoms with Gasteiger partial charge in [-0.2, -0.15) is 0 Å². The van der Waals surface area contributed by atoms with Crippen molar-refractivity contribution in [2.24, 2.45) is 5.84 Å². The van der Waals surface area contributed by atoms with Crippen molar-refractivity contribution < 1.29 is 12.8 Å². The first-order valence-corrected chi connectivity index (χ1v) is 7.12. The number of nitrogens with one attached hydrogen (secondary N) is 2. The summed E-state index contributed by atoms with van der Waals surface area (Å²) in [5.41, 5.74) is 3.03. The summed E-state index contributed by atoms with van der Waals surface area (Å²) in [6, 6.07) is 6.53. The van der Waals surface area contributed by atoms with E-state index >= 15 is 0 Å². The summed E-state index contributed by atoms with van der Waals surface area (Å²) in [7, 11) is -3.83. The summed E-state index contributed by atoms with van der Waals surface area (Å²) >= 11 is 0.